The minimum Gasteiger partial charge on any atom is -0.466 e. The lowest BCUT2D eigenvalue weighted by molar-refractivity contribution is -0.146. The van der Waals surface area contributed by atoms with Gasteiger partial charge in [0, 0.05) is 54.9 Å². The molecule has 0 fully saturated rings. The van der Waals surface area contributed by atoms with E-state index in [0.29, 0.717) is 45.3 Å². The molecule has 0 amide bonds. The van der Waals surface area contributed by atoms with Gasteiger partial charge in [-0.25, -0.2) is 0 Å². The van der Waals surface area contributed by atoms with Crippen molar-refractivity contribution in [1.29, 1.82) is 0 Å². The Hall–Kier alpha value is 0.260. The Kier molecular flexibility index (Phi) is 42.4. The first-order valence-corrected chi connectivity index (χ1v) is 13.0. The van der Waals surface area contributed by atoms with Gasteiger partial charge in [0.1, 0.15) is 0 Å². The van der Waals surface area contributed by atoms with Crippen molar-refractivity contribution in [2.75, 3.05) is 42.4 Å². The topological polar surface area (TPSA) is 110 Å². The van der Waals surface area contributed by atoms with E-state index in [2.05, 4.69) is 47.8 Å². The number of hydrogen-bond acceptors (Lipinski definition) is 7. The Bertz CT molecular complexity index is 365. The van der Waals surface area contributed by atoms with Crippen LogP contribution in [0.5, 0.6) is 0 Å². The van der Waals surface area contributed by atoms with Crippen molar-refractivity contribution < 1.29 is 34.1 Å². The van der Waals surface area contributed by atoms with E-state index in [0.717, 1.165) is 35.3 Å². The molecule has 0 unspecified atom stereocenters. The van der Waals surface area contributed by atoms with Gasteiger partial charge in [0.05, 0.1) is 13.2 Å². The molecule has 182 valence electrons. The van der Waals surface area contributed by atoms with Gasteiger partial charge >= 0.3 is 11.9 Å². The average Bonchev–Trinajstić information content (AvgIpc) is 2.70. The monoisotopic (exact) mass is 648 g/mol. The lowest BCUT2D eigenvalue weighted by Gasteiger charge is -2.05. The number of aliphatic hydroxyl groups excluding tert-OH is 2. The van der Waals surface area contributed by atoms with Crippen LogP contribution in [-0.4, -0.2) is 69.8 Å². The fourth-order valence-electron chi connectivity index (χ4n) is 1.27. The van der Waals surface area contributed by atoms with E-state index in [4.69, 9.17) is 31.3 Å². The summed E-state index contributed by atoms with van der Waals surface area (Å²) < 4.78 is 9.90. The van der Waals surface area contributed by atoms with Crippen LogP contribution in [0.15, 0.2) is 0 Å². The third-order valence-corrected chi connectivity index (χ3v) is 4.54. The van der Waals surface area contributed by atoms with Gasteiger partial charge in [0.15, 0.2) is 0 Å². The van der Waals surface area contributed by atoms with E-state index in [1.54, 1.807) is 0 Å². The summed E-state index contributed by atoms with van der Waals surface area (Å²) in [6.45, 7) is 0.812. The van der Waals surface area contributed by atoms with Gasteiger partial charge in [-0.15, -0.1) is 0 Å². The highest BCUT2D eigenvalue weighted by atomic mass is 79.9. The fraction of sp³-hybridized carbons (Fsp3) is 0.842. The Balaban J connectivity index is -0.000000215. The second-order valence-corrected chi connectivity index (χ2v) is 8.13. The molecule has 0 aliphatic carbocycles. The third kappa shape index (κ3) is 42.4. The highest BCUT2D eigenvalue weighted by molar-refractivity contribution is 9.09. The number of carbonyl (C=O) groups excluding carboxylic acids is 3. The van der Waals surface area contributed by atoms with Crippen LogP contribution < -0.4 is 0 Å². The SMILES string of the molecule is C.O=C(CCCBr)OCCCOC(=O)CCCBr.O=C(Cl)CCCBr.OCCCO. The van der Waals surface area contributed by atoms with Gasteiger partial charge in [-0.05, 0) is 37.3 Å². The molecule has 2 N–H and O–H groups in total. The van der Waals surface area contributed by atoms with Crippen molar-refractivity contribution in [1.82, 2.24) is 0 Å². The number of hydrogen-bond donors (Lipinski definition) is 2. The van der Waals surface area contributed by atoms with E-state index < -0.39 is 0 Å². The molecule has 0 aromatic carbocycles. The Morgan fingerprint density at radius 3 is 1.27 bits per heavy atom. The predicted octanol–water partition coefficient (Wildman–Crippen LogP) is 4.74. The first-order chi connectivity index (χ1) is 13.9. The van der Waals surface area contributed by atoms with Crippen LogP contribution in [0.3, 0.4) is 0 Å². The summed E-state index contributed by atoms with van der Waals surface area (Å²) in [5, 5.41) is 18.0. The van der Waals surface area contributed by atoms with E-state index >= 15 is 0 Å². The smallest absolute Gasteiger partial charge is 0.305 e. The van der Waals surface area contributed by atoms with Crippen molar-refractivity contribution in [2.24, 2.45) is 0 Å². The quantitative estimate of drug-likeness (QED) is 0.114. The molecule has 0 aliphatic rings. The van der Waals surface area contributed by atoms with E-state index in [1.165, 1.54) is 0 Å². The van der Waals surface area contributed by atoms with E-state index in [9.17, 15) is 14.4 Å². The van der Waals surface area contributed by atoms with Gasteiger partial charge in [-0.2, -0.15) is 0 Å². The number of ether oxygens (including phenoxy) is 2. The fourth-order valence-corrected chi connectivity index (χ4v) is 2.25. The van der Waals surface area contributed by atoms with Gasteiger partial charge in [-0.1, -0.05) is 55.2 Å². The van der Waals surface area contributed by atoms with E-state index in [1.807, 2.05) is 0 Å². The number of halogens is 4. The van der Waals surface area contributed by atoms with Crippen LogP contribution in [0, 0.1) is 0 Å². The normalized spacial score (nSPS) is 9.13. The first kappa shape index (κ1) is 37.6. The summed E-state index contributed by atoms with van der Waals surface area (Å²) in [5.41, 5.74) is 0. The predicted molar refractivity (Wildman–Crippen MR) is 132 cm³/mol. The maximum atomic E-state index is 11.1. The van der Waals surface area contributed by atoms with Gasteiger partial charge in [0.25, 0.3) is 0 Å². The standard InChI is InChI=1S/C11H18Br2O4.C4H6BrClO.C3H8O2.CH4/c12-6-1-4-10(14)16-8-3-9-17-11(15)5-2-7-13;5-3-1-2-4(6)7;4-2-1-3-5;/h1-9H2;1-3H2;4-5H,1-3H2;1H4. The molecule has 7 nitrogen and oxygen atoms in total. The lowest BCUT2D eigenvalue weighted by Crippen LogP contribution is -2.10. The maximum absolute atomic E-state index is 11.1. The number of aliphatic hydroxyl groups is 2. The van der Waals surface area contributed by atoms with Crippen LogP contribution >= 0.6 is 59.4 Å². The Morgan fingerprint density at radius 1 is 0.667 bits per heavy atom. The largest absolute Gasteiger partial charge is 0.466 e. The number of carbonyl (C=O) groups is 3. The maximum Gasteiger partial charge on any atom is 0.305 e. The zero-order chi connectivity index (χ0) is 22.8. The minimum atomic E-state index is -0.251. The molecule has 0 aromatic heterocycles. The Morgan fingerprint density at radius 2 is 1.03 bits per heavy atom. The number of alkyl halides is 3. The first-order valence-electron chi connectivity index (χ1n) is 9.28. The molecule has 0 rings (SSSR count). The average molecular weight is 652 g/mol. The van der Waals surface area contributed by atoms with Gasteiger partial charge in [-0.3, -0.25) is 14.4 Å². The molecule has 0 spiro atoms. The summed E-state index contributed by atoms with van der Waals surface area (Å²) in [7, 11) is 0. The van der Waals surface area contributed by atoms with Crippen molar-refractivity contribution in [3.63, 3.8) is 0 Å². The highest BCUT2D eigenvalue weighted by Crippen LogP contribution is 1.99. The molecule has 0 atom stereocenters. The molecule has 0 aromatic rings. The Labute approximate surface area is 211 Å². The van der Waals surface area contributed by atoms with Crippen molar-refractivity contribution in [3.8, 4) is 0 Å². The van der Waals surface area contributed by atoms with Crippen LogP contribution in [0.1, 0.15) is 58.8 Å². The molecule has 11 heteroatoms. The zero-order valence-corrected chi connectivity index (χ0v) is 22.1. The van der Waals surface area contributed by atoms with Gasteiger partial charge in [0.2, 0.25) is 5.24 Å². The summed E-state index contributed by atoms with van der Waals surface area (Å²) in [6, 6.07) is 0. The molecule has 0 radical (unpaired) electrons. The molecule has 0 heterocycles. The van der Waals surface area contributed by atoms with Crippen LogP contribution in [0.2, 0.25) is 0 Å². The number of esters is 2. The van der Waals surface area contributed by atoms with Crippen LogP contribution in [0.4, 0.5) is 0 Å². The zero-order valence-electron chi connectivity index (χ0n) is 16.6. The van der Waals surface area contributed by atoms with E-state index in [-0.39, 0.29) is 37.8 Å². The molecular weight excluding hydrogens is 615 g/mol. The van der Waals surface area contributed by atoms with Crippen LogP contribution in [-0.2, 0) is 23.9 Å². The molecule has 0 aliphatic heterocycles. The van der Waals surface area contributed by atoms with Crippen LogP contribution in [0.25, 0.3) is 0 Å². The van der Waals surface area contributed by atoms with Crippen molar-refractivity contribution >= 4 is 76.6 Å². The molecular formula is C19H36Br3ClO7. The summed E-state index contributed by atoms with van der Waals surface area (Å²) in [5.74, 6) is -0.398. The second kappa shape index (κ2) is 33.9. The molecule has 0 saturated carbocycles. The van der Waals surface area contributed by atoms with Gasteiger partial charge < -0.3 is 19.7 Å². The summed E-state index contributed by atoms with van der Waals surface area (Å²) >= 11 is 14.6. The molecule has 0 saturated heterocycles. The van der Waals surface area contributed by atoms with Crippen molar-refractivity contribution in [2.45, 2.75) is 58.8 Å². The number of rotatable bonds is 15. The lowest BCUT2D eigenvalue weighted by atomic mass is 10.3. The summed E-state index contributed by atoms with van der Waals surface area (Å²) in [4.78, 5) is 32.1. The molecule has 0 bridgehead atoms. The molecule has 30 heavy (non-hydrogen) atoms. The minimum absolute atomic E-state index is 0. The second-order valence-electron chi connectivity index (χ2n) is 5.33. The summed E-state index contributed by atoms with van der Waals surface area (Å²) in [6.07, 6.45) is 4.78. The third-order valence-electron chi connectivity index (χ3n) is 2.67. The highest BCUT2D eigenvalue weighted by Gasteiger charge is 2.03. The van der Waals surface area contributed by atoms with Crippen molar-refractivity contribution in [3.05, 3.63) is 0 Å².